The SMILES string of the molecule is Cc1nn(C)c(C)c1/C=C/C(=O)N1CCN(Cc2ccncc2)CC1. The first-order valence-corrected chi connectivity index (χ1v) is 8.63. The predicted molar refractivity (Wildman–Crippen MR) is 97.8 cm³/mol. The molecule has 1 fully saturated rings. The van der Waals surface area contributed by atoms with E-state index in [1.807, 2.05) is 61.1 Å². The molecule has 0 spiro atoms. The van der Waals surface area contributed by atoms with Gasteiger partial charge in [0.25, 0.3) is 0 Å². The number of hydrogen-bond acceptors (Lipinski definition) is 4. The number of aryl methyl sites for hydroxylation is 2. The van der Waals surface area contributed by atoms with Crippen LogP contribution in [-0.4, -0.2) is 56.7 Å². The molecule has 0 radical (unpaired) electrons. The maximum atomic E-state index is 12.5. The molecule has 2 aromatic heterocycles. The van der Waals surface area contributed by atoms with E-state index in [9.17, 15) is 4.79 Å². The molecule has 0 atom stereocenters. The summed E-state index contributed by atoms with van der Waals surface area (Å²) in [6.07, 6.45) is 7.21. The Morgan fingerprint density at radius 1 is 1.16 bits per heavy atom. The Labute approximate surface area is 148 Å². The Balaban J connectivity index is 1.54. The lowest BCUT2D eigenvalue weighted by molar-refractivity contribution is -0.127. The molecule has 25 heavy (non-hydrogen) atoms. The summed E-state index contributed by atoms with van der Waals surface area (Å²) in [5.74, 6) is 0.0752. The first-order valence-electron chi connectivity index (χ1n) is 8.63. The molecule has 6 heteroatoms. The van der Waals surface area contributed by atoms with Gasteiger partial charge >= 0.3 is 0 Å². The number of carbonyl (C=O) groups excluding carboxylic acids is 1. The molecule has 0 aliphatic carbocycles. The van der Waals surface area contributed by atoms with Gasteiger partial charge in [-0.25, -0.2) is 0 Å². The molecule has 0 bridgehead atoms. The van der Waals surface area contributed by atoms with Crippen molar-refractivity contribution in [1.82, 2.24) is 24.6 Å². The fourth-order valence-corrected chi connectivity index (χ4v) is 3.16. The average Bonchev–Trinajstić information content (AvgIpc) is 2.86. The lowest BCUT2D eigenvalue weighted by atomic mass is 10.1. The van der Waals surface area contributed by atoms with Crippen LogP contribution in [-0.2, 0) is 18.4 Å². The van der Waals surface area contributed by atoms with E-state index in [0.29, 0.717) is 0 Å². The maximum absolute atomic E-state index is 12.5. The second-order valence-corrected chi connectivity index (χ2v) is 6.50. The summed E-state index contributed by atoms with van der Waals surface area (Å²) >= 11 is 0. The number of aromatic nitrogens is 3. The Morgan fingerprint density at radius 3 is 2.44 bits per heavy atom. The molecule has 3 rings (SSSR count). The smallest absolute Gasteiger partial charge is 0.246 e. The van der Waals surface area contributed by atoms with E-state index in [1.165, 1.54) is 5.56 Å². The zero-order valence-electron chi connectivity index (χ0n) is 15.1. The van der Waals surface area contributed by atoms with Gasteiger partial charge in [0.2, 0.25) is 5.91 Å². The minimum absolute atomic E-state index is 0.0752. The predicted octanol–water partition coefficient (Wildman–Crippen LogP) is 1.79. The molecule has 1 aliphatic rings. The molecule has 132 valence electrons. The lowest BCUT2D eigenvalue weighted by Crippen LogP contribution is -2.47. The van der Waals surface area contributed by atoms with E-state index in [1.54, 1.807) is 6.08 Å². The van der Waals surface area contributed by atoms with Crippen molar-refractivity contribution in [3.8, 4) is 0 Å². The van der Waals surface area contributed by atoms with E-state index in [4.69, 9.17) is 0 Å². The van der Waals surface area contributed by atoms with Crippen LogP contribution in [0.4, 0.5) is 0 Å². The van der Waals surface area contributed by atoms with Crippen LogP contribution in [0, 0.1) is 13.8 Å². The summed E-state index contributed by atoms with van der Waals surface area (Å²) in [6, 6.07) is 4.08. The molecule has 1 amide bonds. The van der Waals surface area contributed by atoms with Gasteiger partial charge in [-0.2, -0.15) is 5.10 Å². The molecule has 1 saturated heterocycles. The Kier molecular flexibility index (Phi) is 5.28. The molecule has 0 aromatic carbocycles. The second kappa shape index (κ2) is 7.61. The van der Waals surface area contributed by atoms with Gasteiger partial charge in [-0.15, -0.1) is 0 Å². The molecule has 0 N–H and O–H groups in total. The molecule has 3 heterocycles. The number of nitrogens with zero attached hydrogens (tertiary/aromatic N) is 5. The highest BCUT2D eigenvalue weighted by molar-refractivity contribution is 5.92. The second-order valence-electron chi connectivity index (χ2n) is 6.50. The topological polar surface area (TPSA) is 54.3 Å². The van der Waals surface area contributed by atoms with Crippen molar-refractivity contribution in [2.75, 3.05) is 26.2 Å². The molecule has 1 aliphatic heterocycles. The van der Waals surface area contributed by atoms with E-state index in [2.05, 4.69) is 15.0 Å². The molecule has 0 saturated carbocycles. The van der Waals surface area contributed by atoms with Crippen LogP contribution in [0.2, 0.25) is 0 Å². The van der Waals surface area contributed by atoms with Gasteiger partial charge in [0.15, 0.2) is 0 Å². The van der Waals surface area contributed by atoms with Crippen molar-refractivity contribution in [2.24, 2.45) is 7.05 Å². The van der Waals surface area contributed by atoms with E-state index in [0.717, 1.165) is 49.7 Å². The standard InChI is InChI=1S/C19H25N5O/c1-15-18(16(2)22(3)21-15)4-5-19(25)24-12-10-23(11-13-24)14-17-6-8-20-9-7-17/h4-9H,10-14H2,1-3H3/b5-4+. The first kappa shape index (κ1) is 17.4. The van der Waals surface area contributed by atoms with Crippen molar-refractivity contribution in [3.63, 3.8) is 0 Å². The minimum Gasteiger partial charge on any atom is -0.337 e. The highest BCUT2D eigenvalue weighted by Gasteiger charge is 2.19. The van der Waals surface area contributed by atoms with Crippen molar-refractivity contribution in [2.45, 2.75) is 20.4 Å². The highest BCUT2D eigenvalue weighted by atomic mass is 16.2. The van der Waals surface area contributed by atoms with Crippen molar-refractivity contribution < 1.29 is 4.79 Å². The fourth-order valence-electron chi connectivity index (χ4n) is 3.16. The number of amides is 1. The maximum Gasteiger partial charge on any atom is 0.246 e. The Hall–Kier alpha value is -2.47. The normalized spacial score (nSPS) is 15.9. The van der Waals surface area contributed by atoms with E-state index < -0.39 is 0 Å². The van der Waals surface area contributed by atoms with Crippen molar-refractivity contribution >= 4 is 12.0 Å². The van der Waals surface area contributed by atoms with Gasteiger partial charge < -0.3 is 4.90 Å². The fraction of sp³-hybridized carbons (Fsp3) is 0.421. The molecule has 0 unspecified atom stereocenters. The number of pyridine rings is 1. The summed E-state index contributed by atoms with van der Waals surface area (Å²) in [6.45, 7) is 8.21. The molecular formula is C19H25N5O. The van der Waals surface area contributed by atoms with E-state index >= 15 is 0 Å². The van der Waals surface area contributed by atoms with Gasteiger partial charge in [-0.1, -0.05) is 0 Å². The van der Waals surface area contributed by atoms with Crippen LogP contribution in [0.1, 0.15) is 22.5 Å². The largest absolute Gasteiger partial charge is 0.337 e. The van der Waals surface area contributed by atoms with Gasteiger partial charge in [-0.3, -0.25) is 19.4 Å². The van der Waals surface area contributed by atoms with Crippen molar-refractivity contribution in [1.29, 1.82) is 0 Å². The van der Waals surface area contributed by atoms with Crippen LogP contribution in [0.15, 0.2) is 30.6 Å². The summed E-state index contributed by atoms with van der Waals surface area (Å²) in [5.41, 5.74) is 4.32. The zero-order chi connectivity index (χ0) is 17.8. The van der Waals surface area contributed by atoms with E-state index in [-0.39, 0.29) is 5.91 Å². The summed E-state index contributed by atoms with van der Waals surface area (Å²) in [5, 5.41) is 4.38. The quantitative estimate of drug-likeness (QED) is 0.797. The first-order chi connectivity index (χ1) is 12.0. The number of rotatable bonds is 4. The Bertz CT molecular complexity index is 758. The van der Waals surface area contributed by atoms with Crippen LogP contribution in [0.5, 0.6) is 0 Å². The average molecular weight is 339 g/mol. The van der Waals surface area contributed by atoms with Gasteiger partial charge in [-0.05, 0) is 37.6 Å². The number of carbonyl (C=O) groups is 1. The number of hydrogen-bond donors (Lipinski definition) is 0. The lowest BCUT2D eigenvalue weighted by Gasteiger charge is -2.34. The minimum atomic E-state index is 0.0752. The number of piperazine rings is 1. The van der Waals surface area contributed by atoms with Crippen LogP contribution in [0.3, 0.4) is 0 Å². The van der Waals surface area contributed by atoms with Crippen molar-refractivity contribution in [3.05, 3.63) is 53.1 Å². The third-order valence-corrected chi connectivity index (χ3v) is 4.80. The van der Waals surface area contributed by atoms with Crippen LogP contribution >= 0.6 is 0 Å². The monoisotopic (exact) mass is 339 g/mol. The molecular weight excluding hydrogens is 314 g/mol. The summed E-state index contributed by atoms with van der Waals surface area (Å²) in [4.78, 5) is 20.8. The third kappa shape index (κ3) is 4.14. The van der Waals surface area contributed by atoms with Gasteiger partial charge in [0, 0.05) is 69.5 Å². The highest BCUT2D eigenvalue weighted by Crippen LogP contribution is 2.14. The summed E-state index contributed by atoms with van der Waals surface area (Å²) < 4.78 is 1.84. The zero-order valence-corrected chi connectivity index (χ0v) is 15.1. The molecule has 6 nitrogen and oxygen atoms in total. The van der Waals surface area contributed by atoms with Gasteiger partial charge in [0.1, 0.15) is 0 Å². The van der Waals surface area contributed by atoms with Crippen LogP contribution < -0.4 is 0 Å². The van der Waals surface area contributed by atoms with Gasteiger partial charge in [0.05, 0.1) is 5.69 Å². The Morgan fingerprint density at radius 2 is 1.84 bits per heavy atom. The third-order valence-electron chi connectivity index (χ3n) is 4.80. The molecule has 2 aromatic rings. The van der Waals surface area contributed by atoms with Crippen LogP contribution in [0.25, 0.3) is 6.08 Å². The summed E-state index contributed by atoms with van der Waals surface area (Å²) in [7, 11) is 1.92.